The van der Waals surface area contributed by atoms with Crippen LogP contribution in [-0.4, -0.2) is 43.8 Å². The van der Waals surface area contributed by atoms with Gasteiger partial charge in [0.05, 0.1) is 13.2 Å². The third-order valence-corrected chi connectivity index (χ3v) is 4.44. The molecule has 0 saturated carbocycles. The van der Waals surface area contributed by atoms with Gasteiger partial charge in [-0.1, -0.05) is 36.4 Å². The first kappa shape index (κ1) is 19.0. The van der Waals surface area contributed by atoms with Crippen LogP contribution in [0, 0.1) is 0 Å². The van der Waals surface area contributed by atoms with E-state index >= 15 is 0 Å². The van der Waals surface area contributed by atoms with Crippen molar-refractivity contribution in [1.29, 1.82) is 0 Å². The fraction of sp³-hybridized carbons (Fsp3) is 0.381. The molecule has 2 aromatic rings. The highest BCUT2D eigenvalue weighted by molar-refractivity contribution is 5.74. The summed E-state index contributed by atoms with van der Waals surface area (Å²) in [5.41, 5.74) is 2.16. The van der Waals surface area contributed by atoms with Gasteiger partial charge >= 0.3 is 6.03 Å². The molecule has 0 fully saturated rings. The van der Waals surface area contributed by atoms with Crippen molar-refractivity contribution in [2.24, 2.45) is 0 Å². The Bertz CT molecular complexity index is 748. The topological polar surface area (TPSA) is 60.0 Å². The number of carbonyl (C=O) groups excluding carboxylic acids is 1. The molecule has 1 N–H and O–H groups in total. The van der Waals surface area contributed by atoms with Gasteiger partial charge in [0.25, 0.3) is 0 Å². The number of nitrogens with one attached hydrogen (secondary N) is 1. The van der Waals surface area contributed by atoms with Gasteiger partial charge in [0.15, 0.2) is 17.6 Å². The lowest BCUT2D eigenvalue weighted by molar-refractivity contribution is 0.0675. The number of hydrogen-bond acceptors (Lipinski definition) is 4. The summed E-state index contributed by atoms with van der Waals surface area (Å²) in [5, 5.41) is 2.97. The van der Waals surface area contributed by atoms with Crippen molar-refractivity contribution in [3.63, 3.8) is 0 Å². The van der Waals surface area contributed by atoms with E-state index in [1.165, 1.54) is 0 Å². The van der Waals surface area contributed by atoms with Gasteiger partial charge in [0, 0.05) is 20.2 Å². The summed E-state index contributed by atoms with van der Waals surface area (Å²) < 4.78 is 16.8. The van der Waals surface area contributed by atoms with Crippen LogP contribution in [0.1, 0.15) is 18.1 Å². The van der Waals surface area contributed by atoms with Gasteiger partial charge in [-0.3, -0.25) is 0 Å². The molecular weight excluding hydrogens is 344 g/mol. The summed E-state index contributed by atoms with van der Waals surface area (Å²) in [5.74, 6) is 1.47. The first-order valence-electron chi connectivity index (χ1n) is 9.17. The minimum atomic E-state index is -0.182. The highest BCUT2D eigenvalue weighted by Gasteiger charge is 2.24. The average Bonchev–Trinajstić information content (AvgIpc) is 2.71. The first-order valence-corrected chi connectivity index (χ1v) is 9.17. The van der Waals surface area contributed by atoms with E-state index in [1.54, 1.807) is 12.0 Å². The second-order valence-electron chi connectivity index (χ2n) is 6.44. The molecule has 1 aliphatic heterocycles. The number of ether oxygens (including phenoxy) is 3. The molecule has 6 heteroatoms. The zero-order valence-corrected chi connectivity index (χ0v) is 15.8. The van der Waals surface area contributed by atoms with Crippen LogP contribution >= 0.6 is 0 Å². The third-order valence-electron chi connectivity index (χ3n) is 4.44. The number of urea groups is 1. The molecule has 3 rings (SSSR count). The molecule has 1 heterocycles. The molecule has 1 atom stereocenters. The van der Waals surface area contributed by atoms with Crippen LogP contribution in [0.15, 0.2) is 48.5 Å². The number of fused-ring (bicyclic) bond motifs is 1. The smallest absolute Gasteiger partial charge is 0.317 e. The van der Waals surface area contributed by atoms with E-state index in [9.17, 15) is 4.79 Å². The number of amides is 2. The first-order chi connectivity index (χ1) is 13.2. The lowest BCUT2D eigenvalue weighted by Gasteiger charge is -2.31. The average molecular weight is 370 g/mol. The molecule has 144 valence electrons. The van der Waals surface area contributed by atoms with Gasteiger partial charge < -0.3 is 24.4 Å². The maximum absolute atomic E-state index is 12.5. The van der Waals surface area contributed by atoms with Crippen LogP contribution in [0.2, 0.25) is 0 Å². The predicted molar refractivity (Wildman–Crippen MR) is 103 cm³/mol. The second kappa shape index (κ2) is 9.28. The third kappa shape index (κ3) is 5.14. The Morgan fingerprint density at radius 3 is 2.56 bits per heavy atom. The summed E-state index contributed by atoms with van der Waals surface area (Å²) in [6.45, 7) is 4.53. The normalized spacial score (nSPS) is 15.3. The number of methoxy groups -OCH3 is 1. The van der Waals surface area contributed by atoms with E-state index in [1.807, 2.05) is 55.5 Å². The molecule has 2 aromatic carbocycles. The Hall–Kier alpha value is -2.73. The summed E-state index contributed by atoms with van der Waals surface area (Å²) in [6.07, 6.45) is -0.182. The minimum absolute atomic E-state index is 0.110. The van der Waals surface area contributed by atoms with Crippen LogP contribution in [0.5, 0.6) is 11.5 Å². The molecule has 0 spiro atoms. The van der Waals surface area contributed by atoms with E-state index in [2.05, 4.69) is 5.32 Å². The second-order valence-corrected chi connectivity index (χ2v) is 6.44. The lowest BCUT2D eigenvalue weighted by Crippen LogP contribution is -2.47. The Labute approximate surface area is 160 Å². The minimum Gasteiger partial charge on any atom is -0.486 e. The summed E-state index contributed by atoms with van der Waals surface area (Å²) in [6, 6.07) is 15.5. The fourth-order valence-electron chi connectivity index (χ4n) is 2.96. The van der Waals surface area contributed by atoms with E-state index in [0.717, 1.165) is 22.6 Å². The quantitative estimate of drug-likeness (QED) is 0.813. The molecule has 0 aromatic heterocycles. The van der Waals surface area contributed by atoms with Gasteiger partial charge in [-0.2, -0.15) is 0 Å². The molecule has 0 bridgehead atoms. The Kier molecular flexibility index (Phi) is 6.54. The largest absolute Gasteiger partial charge is 0.486 e. The van der Waals surface area contributed by atoms with Crippen LogP contribution in [0.25, 0.3) is 0 Å². The lowest BCUT2D eigenvalue weighted by atomic mass is 10.1. The maximum Gasteiger partial charge on any atom is 0.317 e. The maximum atomic E-state index is 12.5. The Morgan fingerprint density at radius 1 is 1.15 bits per heavy atom. The molecular formula is C21H26N2O4. The van der Waals surface area contributed by atoms with Gasteiger partial charge in [-0.25, -0.2) is 4.79 Å². The predicted octanol–water partition coefficient (Wildman–Crippen LogP) is 3.20. The van der Waals surface area contributed by atoms with E-state index in [-0.39, 0.29) is 12.1 Å². The number of hydrogen-bond donors (Lipinski definition) is 1. The summed E-state index contributed by atoms with van der Waals surface area (Å²) in [7, 11) is 1.67. The van der Waals surface area contributed by atoms with Crippen molar-refractivity contribution in [3.8, 4) is 11.5 Å². The van der Waals surface area contributed by atoms with Crippen molar-refractivity contribution in [2.45, 2.75) is 26.2 Å². The van der Waals surface area contributed by atoms with E-state index < -0.39 is 0 Å². The van der Waals surface area contributed by atoms with Gasteiger partial charge in [-0.05, 0) is 30.2 Å². The molecule has 0 radical (unpaired) electrons. The molecule has 0 aliphatic carbocycles. The van der Waals surface area contributed by atoms with Crippen LogP contribution in [0.4, 0.5) is 4.79 Å². The number of rotatable bonds is 7. The summed E-state index contributed by atoms with van der Waals surface area (Å²) >= 11 is 0. The highest BCUT2D eigenvalue weighted by atomic mass is 16.6. The molecule has 0 saturated heterocycles. The zero-order chi connectivity index (χ0) is 19.1. The van der Waals surface area contributed by atoms with E-state index in [4.69, 9.17) is 14.2 Å². The van der Waals surface area contributed by atoms with Crippen molar-refractivity contribution < 1.29 is 19.0 Å². The molecule has 1 aliphatic rings. The zero-order valence-electron chi connectivity index (χ0n) is 15.8. The standard InChI is InChI=1S/C21H26N2O4/c1-3-23(13-18-15-26-19-6-4-5-7-20(19)27-18)21(24)22-12-16-8-10-17(11-9-16)14-25-2/h4-11,18H,3,12-15H2,1-2H3,(H,22,24)/t18-/m1/s1. The Balaban J connectivity index is 1.50. The number of para-hydroxylation sites is 2. The van der Waals surface area contributed by atoms with Crippen LogP contribution < -0.4 is 14.8 Å². The molecule has 6 nitrogen and oxygen atoms in total. The number of benzene rings is 2. The number of nitrogens with zero attached hydrogens (tertiary/aromatic N) is 1. The van der Waals surface area contributed by atoms with Crippen molar-refractivity contribution in [3.05, 3.63) is 59.7 Å². The molecule has 27 heavy (non-hydrogen) atoms. The summed E-state index contributed by atoms with van der Waals surface area (Å²) in [4.78, 5) is 14.3. The SMILES string of the molecule is CCN(C[C@@H]1COc2ccccc2O1)C(=O)NCc1ccc(COC)cc1. The van der Waals surface area contributed by atoms with Crippen LogP contribution in [-0.2, 0) is 17.9 Å². The number of likely N-dealkylation sites (N-methyl/N-ethyl adjacent to an activating group) is 1. The molecule has 0 unspecified atom stereocenters. The van der Waals surface area contributed by atoms with Crippen molar-refractivity contribution >= 4 is 6.03 Å². The van der Waals surface area contributed by atoms with Gasteiger partial charge in [0.2, 0.25) is 0 Å². The fourth-order valence-corrected chi connectivity index (χ4v) is 2.96. The van der Waals surface area contributed by atoms with Crippen molar-refractivity contribution in [2.75, 3.05) is 26.8 Å². The van der Waals surface area contributed by atoms with Gasteiger partial charge in [-0.15, -0.1) is 0 Å². The van der Waals surface area contributed by atoms with Crippen molar-refractivity contribution in [1.82, 2.24) is 10.2 Å². The monoisotopic (exact) mass is 370 g/mol. The number of carbonyl (C=O) groups is 1. The Morgan fingerprint density at radius 2 is 1.85 bits per heavy atom. The molecule has 2 amide bonds. The van der Waals surface area contributed by atoms with Gasteiger partial charge in [0.1, 0.15) is 6.61 Å². The van der Waals surface area contributed by atoms with E-state index in [0.29, 0.717) is 32.8 Å². The van der Waals surface area contributed by atoms with Crippen LogP contribution in [0.3, 0.4) is 0 Å². The highest BCUT2D eigenvalue weighted by Crippen LogP contribution is 2.31.